The highest BCUT2D eigenvalue weighted by molar-refractivity contribution is 8.04. The maximum atomic E-state index is 13.3. The molecule has 10 nitrogen and oxygen atoms in total. The summed E-state index contributed by atoms with van der Waals surface area (Å²) in [5.74, 6) is -1.90. The first-order chi connectivity index (χ1) is 16.2. The van der Waals surface area contributed by atoms with Gasteiger partial charge in [0.05, 0.1) is 61.9 Å². The molecule has 0 saturated carbocycles. The van der Waals surface area contributed by atoms with Gasteiger partial charge >= 0.3 is 11.9 Å². The zero-order valence-corrected chi connectivity index (χ0v) is 20.7. The van der Waals surface area contributed by atoms with Crippen LogP contribution in [-0.2, 0) is 23.9 Å². The molecule has 0 unspecified atom stereocenters. The lowest BCUT2D eigenvalue weighted by atomic mass is 9.82. The minimum Gasteiger partial charge on any atom is -0.493 e. The minimum absolute atomic E-state index is 0.0500. The molecule has 1 saturated heterocycles. The van der Waals surface area contributed by atoms with Gasteiger partial charge in [0.15, 0.2) is 11.5 Å². The number of hydrogen-bond acceptors (Lipinski definition) is 10. The number of carbonyl (C=O) groups is 3. The van der Waals surface area contributed by atoms with Gasteiger partial charge in [-0.3, -0.25) is 9.69 Å². The van der Waals surface area contributed by atoms with Crippen molar-refractivity contribution in [3.05, 3.63) is 39.7 Å². The molecular formula is C23H28N2O8S. The molecule has 1 aromatic carbocycles. The SMILES string of the molecule is CCOC(=O)C1=C(N)N2C(=O)[C@@H](C)SC2=C(C(=O)OCC)[C@@H]1c1cc(OC)c(OC)c(OC)c1. The standard InChI is InChI=1S/C23H28N2O8S/c1-7-32-22(27)16-15(12-9-13(29-4)18(31-6)14(10-12)30-5)17(23(28)33-8-2)21-25(19(16)24)20(26)11(3)34-21/h9-11,15H,7-8,24H2,1-6H3/t11-,15-/m1/s1. The van der Waals surface area contributed by atoms with Gasteiger partial charge in [-0.2, -0.15) is 0 Å². The number of nitrogens with zero attached hydrogens (tertiary/aromatic N) is 1. The van der Waals surface area contributed by atoms with Crippen LogP contribution in [0.4, 0.5) is 0 Å². The molecule has 1 aromatic rings. The Morgan fingerprint density at radius 1 is 0.971 bits per heavy atom. The van der Waals surface area contributed by atoms with Crippen LogP contribution >= 0.6 is 11.8 Å². The lowest BCUT2D eigenvalue weighted by molar-refractivity contribution is -0.139. The van der Waals surface area contributed by atoms with Gasteiger partial charge in [-0.05, 0) is 38.5 Å². The number of rotatable bonds is 8. The Kier molecular flexibility index (Phi) is 7.65. The van der Waals surface area contributed by atoms with E-state index in [0.29, 0.717) is 27.8 Å². The molecule has 2 atom stereocenters. The Labute approximate surface area is 202 Å². The Morgan fingerprint density at radius 3 is 1.97 bits per heavy atom. The van der Waals surface area contributed by atoms with Gasteiger partial charge in [0.2, 0.25) is 11.7 Å². The Hall–Kier alpha value is -3.34. The van der Waals surface area contributed by atoms with E-state index in [0.717, 1.165) is 0 Å². The summed E-state index contributed by atoms with van der Waals surface area (Å²) in [5, 5.41) is -0.194. The zero-order valence-electron chi connectivity index (χ0n) is 19.9. The van der Waals surface area contributed by atoms with Crippen LogP contribution in [0.2, 0.25) is 0 Å². The molecule has 184 valence electrons. The molecule has 2 aliphatic rings. The number of methoxy groups -OCH3 is 3. The largest absolute Gasteiger partial charge is 0.493 e. The Balaban J connectivity index is 2.38. The first-order valence-electron chi connectivity index (χ1n) is 10.6. The summed E-state index contributed by atoms with van der Waals surface area (Å²) < 4.78 is 27.0. The third-order valence-electron chi connectivity index (χ3n) is 5.40. The monoisotopic (exact) mass is 492 g/mol. The third kappa shape index (κ3) is 4.15. The van der Waals surface area contributed by atoms with Crippen LogP contribution in [0, 0.1) is 0 Å². The molecule has 0 spiro atoms. The molecule has 0 radical (unpaired) electrons. The fourth-order valence-corrected chi connectivity index (χ4v) is 5.11. The van der Waals surface area contributed by atoms with Crippen molar-refractivity contribution in [3.8, 4) is 17.2 Å². The second kappa shape index (κ2) is 10.3. The minimum atomic E-state index is -1.01. The molecule has 2 N–H and O–H groups in total. The van der Waals surface area contributed by atoms with Crippen LogP contribution in [-0.4, -0.2) is 62.5 Å². The topological polar surface area (TPSA) is 127 Å². The maximum absolute atomic E-state index is 13.3. The van der Waals surface area contributed by atoms with Crippen LogP contribution in [0.25, 0.3) is 0 Å². The second-order valence-corrected chi connectivity index (χ2v) is 8.61. The quantitative estimate of drug-likeness (QED) is 0.540. The number of benzene rings is 1. The Morgan fingerprint density at radius 2 is 1.50 bits per heavy atom. The van der Waals surface area contributed by atoms with E-state index in [1.807, 2.05) is 0 Å². The number of thioether (sulfide) groups is 1. The van der Waals surface area contributed by atoms with E-state index in [9.17, 15) is 14.4 Å². The number of esters is 2. The second-order valence-electron chi connectivity index (χ2n) is 7.28. The zero-order chi connectivity index (χ0) is 25.2. The fourth-order valence-electron chi connectivity index (χ4n) is 3.95. The van der Waals surface area contributed by atoms with Gasteiger partial charge in [0, 0.05) is 0 Å². The van der Waals surface area contributed by atoms with Gasteiger partial charge in [0.1, 0.15) is 5.82 Å². The summed E-state index contributed by atoms with van der Waals surface area (Å²) in [6.45, 7) is 5.19. The highest BCUT2D eigenvalue weighted by Crippen LogP contribution is 2.51. The van der Waals surface area contributed by atoms with Crippen molar-refractivity contribution in [2.75, 3.05) is 34.5 Å². The molecule has 1 amide bonds. The van der Waals surface area contributed by atoms with Crippen LogP contribution in [0.15, 0.2) is 34.1 Å². The molecule has 2 heterocycles. The summed E-state index contributed by atoms with van der Waals surface area (Å²) in [7, 11) is 4.38. The highest BCUT2D eigenvalue weighted by Gasteiger charge is 2.49. The van der Waals surface area contributed by atoms with E-state index < -0.39 is 23.1 Å². The van der Waals surface area contributed by atoms with E-state index in [4.69, 9.17) is 29.4 Å². The lowest BCUT2D eigenvalue weighted by Crippen LogP contribution is -2.40. The van der Waals surface area contributed by atoms with E-state index >= 15 is 0 Å². The molecule has 2 aliphatic heterocycles. The van der Waals surface area contributed by atoms with Crippen LogP contribution in [0.3, 0.4) is 0 Å². The van der Waals surface area contributed by atoms with Crippen molar-refractivity contribution >= 4 is 29.6 Å². The van der Waals surface area contributed by atoms with Crippen molar-refractivity contribution in [2.24, 2.45) is 5.73 Å². The molecule has 0 aromatic heterocycles. The molecular weight excluding hydrogens is 464 g/mol. The number of hydrogen-bond donors (Lipinski definition) is 1. The number of nitrogens with two attached hydrogens (primary N) is 1. The van der Waals surface area contributed by atoms with Crippen molar-refractivity contribution in [1.29, 1.82) is 0 Å². The summed E-state index contributed by atoms with van der Waals surface area (Å²) in [6, 6.07) is 3.25. The fraction of sp³-hybridized carbons (Fsp3) is 0.435. The number of ether oxygens (including phenoxy) is 5. The van der Waals surface area contributed by atoms with E-state index in [1.54, 1.807) is 32.9 Å². The molecule has 11 heteroatoms. The number of amides is 1. The van der Waals surface area contributed by atoms with Crippen molar-refractivity contribution in [2.45, 2.75) is 31.9 Å². The summed E-state index contributed by atoms with van der Waals surface area (Å²) >= 11 is 1.18. The summed E-state index contributed by atoms with van der Waals surface area (Å²) in [4.78, 5) is 40.6. The van der Waals surface area contributed by atoms with Crippen molar-refractivity contribution in [3.63, 3.8) is 0 Å². The van der Waals surface area contributed by atoms with E-state index in [1.165, 1.54) is 38.0 Å². The van der Waals surface area contributed by atoms with Crippen LogP contribution < -0.4 is 19.9 Å². The van der Waals surface area contributed by atoms with E-state index in [-0.39, 0.29) is 36.1 Å². The van der Waals surface area contributed by atoms with E-state index in [2.05, 4.69) is 0 Å². The summed E-state index contributed by atoms with van der Waals surface area (Å²) in [5.41, 5.74) is 6.91. The predicted octanol–water partition coefficient (Wildman–Crippen LogP) is 2.28. The highest BCUT2D eigenvalue weighted by atomic mass is 32.2. The average Bonchev–Trinajstić information content (AvgIpc) is 3.11. The normalized spacial score (nSPS) is 19.7. The average molecular weight is 493 g/mol. The van der Waals surface area contributed by atoms with Gasteiger partial charge in [-0.1, -0.05) is 11.8 Å². The van der Waals surface area contributed by atoms with Crippen LogP contribution in [0.1, 0.15) is 32.3 Å². The molecule has 1 fully saturated rings. The molecule has 0 aliphatic carbocycles. The number of fused-ring (bicyclic) bond motifs is 1. The van der Waals surface area contributed by atoms with Crippen molar-refractivity contribution in [1.82, 2.24) is 4.90 Å². The Bertz CT molecular complexity index is 1060. The van der Waals surface area contributed by atoms with Gasteiger partial charge < -0.3 is 29.4 Å². The smallest absolute Gasteiger partial charge is 0.338 e. The first kappa shape index (κ1) is 25.3. The third-order valence-corrected chi connectivity index (χ3v) is 6.58. The first-order valence-corrected chi connectivity index (χ1v) is 11.5. The maximum Gasteiger partial charge on any atom is 0.338 e. The van der Waals surface area contributed by atoms with Crippen LogP contribution in [0.5, 0.6) is 17.2 Å². The molecule has 0 bridgehead atoms. The summed E-state index contributed by atoms with van der Waals surface area (Å²) in [6.07, 6.45) is 0. The predicted molar refractivity (Wildman–Crippen MR) is 124 cm³/mol. The molecule has 3 rings (SSSR count). The molecule has 34 heavy (non-hydrogen) atoms. The lowest BCUT2D eigenvalue weighted by Gasteiger charge is -2.33. The van der Waals surface area contributed by atoms with Gasteiger partial charge in [-0.15, -0.1) is 0 Å². The number of carbonyl (C=O) groups excluding carboxylic acids is 3. The van der Waals surface area contributed by atoms with Gasteiger partial charge in [-0.25, -0.2) is 9.59 Å². The van der Waals surface area contributed by atoms with Gasteiger partial charge in [0.25, 0.3) is 0 Å². The van der Waals surface area contributed by atoms with Crippen molar-refractivity contribution < 1.29 is 38.1 Å².